The van der Waals surface area contributed by atoms with Gasteiger partial charge >= 0.3 is 5.97 Å². The Morgan fingerprint density at radius 3 is 2.79 bits per heavy atom. The van der Waals surface area contributed by atoms with Crippen molar-refractivity contribution in [1.29, 1.82) is 0 Å². The number of rotatable bonds is 8. The quantitative estimate of drug-likeness (QED) is 0.436. The number of nitrogens with zero attached hydrogens (tertiary/aromatic N) is 2. The van der Waals surface area contributed by atoms with Gasteiger partial charge in [0.15, 0.2) is 0 Å². The minimum Gasteiger partial charge on any atom is -0.480 e. The van der Waals surface area contributed by atoms with Crippen LogP contribution in [0.5, 0.6) is 0 Å². The Morgan fingerprint density at radius 2 is 2.17 bits per heavy atom. The molecule has 0 aliphatic carbocycles. The number of allylic oxidation sites excluding steroid dienone is 1. The number of benzene rings is 1. The van der Waals surface area contributed by atoms with Crippen molar-refractivity contribution in [2.45, 2.75) is 25.4 Å². The van der Waals surface area contributed by atoms with Crippen LogP contribution in [0, 0.1) is 10.1 Å². The van der Waals surface area contributed by atoms with E-state index in [1.165, 1.54) is 12.1 Å². The van der Waals surface area contributed by atoms with Gasteiger partial charge in [-0.05, 0) is 25.0 Å². The van der Waals surface area contributed by atoms with Crippen molar-refractivity contribution >= 4 is 28.5 Å². The summed E-state index contributed by atoms with van der Waals surface area (Å²) in [5.41, 5.74) is 0.633. The zero-order chi connectivity index (χ0) is 17.7. The number of nitro benzene ring substituents is 1. The van der Waals surface area contributed by atoms with Crippen molar-refractivity contribution in [2.24, 2.45) is 0 Å². The van der Waals surface area contributed by atoms with E-state index in [4.69, 9.17) is 5.11 Å². The molecule has 0 saturated carbocycles. The molecule has 1 aromatic carbocycles. The van der Waals surface area contributed by atoms with Crippen molar-refractivity contribution < 1.29 is 19.6 Å². The number of fused-ring (bicyclic) bond motifs is 1. The number of amides is 1. The summed E-state index contributed by atoms with van der Waals surface area (Å²) >= 11 is 0. The second-order valence-corrected chi connectivity index (χ2v) is 5.27. The number of nitrogens with one attached hydrogen (secondary N) is 1. The van der Waals surface area contributed by atoms with Gasteiger partial charge in [-0.3, -0.25) is 14.9 Å². The van der Waals surface area contributed by atoms with Gasteiger partial charge in [0.1, 0.15) is 12.6 Å². The van der Waals surface area contributed by atoms with E-state index in [1.54, 1.807) is 29.0 Å². The van der Waals surface area contributed by atoms with Crippen LogP contribution in [0.25, 0.3) is 10.9 Å². The van der Waals surface area contributed by atoms with E-state index in [1.807, 2.05) is 0 Å². The maximum Gasteiger partial charge on any atom is 0.326 e. The highest BCUT2D eigenvalue weighted by molar-refractivity contribution is 5.86. The van der Waals surface area contributed by atoms with Crippen molar-refractivity contribution in [3.8, 4) is 0 Å². The van der Waals surface area contributed by atoms with Gasteiger partial charge in [-0.1, -0.05) is 6.08 Å². The fraction of sp³-hybridized carbons (Fsp3) is 0.250. The first-order valence-electron chi connectivity index (χ1n) is 7.28. The molecule has 0 bridgehead atoms. The summed E-state index contributed by atoms with van der Waals surface area (Å²) in [7, 11) is 0. The fourth-order valence-electron chi connectivity index (χ4n) is 2.38. The van der Waals surface area contributed by atoms with Gasteiger partial charge in [0.05, 0.1) is 4.92 Å². The molecule has 8 heteroatoms. The van der Waals surface area contributed by atoms with E-state index in [9.17, 15) is 19.7 Å². The molecule has 0 aliphatic rings. The van der Waals surface area contributed by atoms with Crippen LogP contribution in [-0.4, -0.2) is 32.5 Å². The van der Waals surface area contributed by atoms with Crippen LogP contribution in [-0.2, 0) is 16.1 Å². The van der Waals surface area contributed by atoms with E-state index in [0.29, 0.717) is 17.3 Å². The van der Waals surface area contributed by atoms with Crippen LogP contribution in [0.2, 0.25) is 0 Å². The van der Waals surface area contributed by atoms with E-state index >= 15 is 0 Å². The van der Waals surface area contributed by atoms with E-state index in [-0.39, 0.29) is 18.7 Å². The molecule has 0 radical (unpaired) electrons. The third kappa shape index (κ3) is 3.97. The largest absolute Gasteiger partial charge is 0.480 e. The van der Waals surface area contributed by atoms with Crippen molar-refractivity contribution in [3.63, 3.8) is 0 Å². The molecule has 2 N–H and O–H groups in total. The molecule has 0 spiro atoms. The zero-order valence-electron chi connectivity index (χ0n) is 12.8. The minimum absolute atomic E-state index is 0.0277. The number of hydrogen-bond donors (Lipinski definition) is 2. The summed E-state index contributed by atoms with van der Waals surface area (Å²) in [6.07, 6.45) is 3.97. The molecular formula is C16H17N3O5. The van der Waals surface area contributed by atoms with E-state index in [0.717, 1.165) is 0 Å². The third-order valence-electron chi connectivity index (χ3n) is 3.57. The number of aliphatic carboxylic acids is 1. The van der Waals surface area contributed by atoms with Gasteiger partial charge in [0.2, 0.25) is 5.91 Å². The molecule has 126 valence electrons. The molecule has 1 atom stereocenters. The molecule has 1 heterocycles. The van der Waals surface area contributed by atoms with Gasteiger partial charge in [-0.25, -0.2) is 4.79 Å². The second-order valence-electron chi connectivity index (χ2n) is 5.27. The van der Waals surface area contributed by atoms with Crippen LogP contribution >= 0.6 is 0 Å². The predicted octanol–water partition coefficient (Wildman–Crippen LogP) is 2.09. The monoisotopic (exact) mass is 331 g/mol. The number of carbonyl (C=O) groups is 2. The Hall–Kier alpha value is -3.16. The van der Waals surface area contributed by atoms with Crippen LogP contribution in [0.15, 0.2) is 43.1 Å². The molecule has 0 fully saturated rings. The molecule has 24 heavy (non-hydrogen) atoms. The standard InChI is InChI=1S/C16H17N3O5/c1-2-3-4-13(16(21)22)17-15(20)10-18-8-7-11-9-12(19(23)24)5-6-14(11)18/h2,5-9,13H,1,3-4,10H2,(H,17,20)(H,21,22). The Kier molecular flexibility index (Phi) is 5.31. The normalized spacial score (nSPS) is 11.8. The van der Waals surface area contributed by atoms with Crippen LogP contribution in [0.1, 0.15) is 12.8 Å². The second kappa shape index (κ2) is 7.40. The first kappa shape index (κ1) is 17.2. The van der Waals surface area contributed by atoms with Gasteiger partial charge < -0.3 is 15.0 Å². The summed E-state index contributed by atoms with van der Waals surface area (Å²) in [5.74, 6) is -1.54. The topological polar surface area (TPSA) is 114 Å². The average Bonchev–Trinajstić information content (AvgIpc) is 2.93. The molecule has 8 nitrogen and oxygen atoms in total. The Morgan fingerprint density at radius 1 is 1.42 bits per heavy atom. The summed E-state index contributed by atoms with van der Waals surface area (Å²) in [5, 5.41) is 23.0. The predicted molar refractivity (Wildman–Crippen MR) is 87.6 cm³/mol. The Labute approximate surface area is 137 Å². The molecule has 1 amide bonds. The lowest BCUT2D eigenvalue weighted by Crippen LogP contribution is -2.42. The van der Waals surface area contributed by atoms with Crippen LogP contribution in [0.3, 0.4) is 0 Å². The van der Waals surface area contributed by atoms with Crippen molar-refractivity contribution in [3.05, 3.63) is 53.2 Å². The lowest BCUT2D eigenvalue weighted by Gasteiger charge is -2.14. The summed E-state index contributed by atoms with van der Waals surface area (Å²) in [6.45, 7) is 3.46. The first-order valence-corrected chi connectivity index (χ1v) is 7.28. The average molecular weight is 331 g/mol. The number of nitro groups is 1. The Bertz CT molecular complexity index is 796. The van der Waals surface area contributed by atoms with Crippen LogP contribution < -0.4 is 5.32 Å². The number of aromatic nitrogens is 1. The van der Waals surface area contributed by atoms with Crippen LogP contribution in [0.4, 0.5) is 5.69 Å². The maximum absolute atomic E-state index is 12.1. The molecule has 0 aliphatic heterocycles. The lowest BCUT2D eigenvalue weighted by atomic mass is 10.1. The minimum atomic E-state index is -1.10. The summed E-state index contributed by atoms with van der Waals surface area (Å²) in [4.78, 5) is 33.5. The fourth-order valence-corrected chi connectivity index (χ4v) is 2.38. The molecule has 2 rings (SSSR count). The molecule has 0 saturated heterocycles. The first-order chi connectivity index (χ1) is 11.4. The molecule has 1 unspecified atom stereocenters. The summed E-state index contributed by atoms with van der Waals surface area (Å²) < 4.78 is 1.61. The van der Waals surface area contributed by atoms with Gasteiger partial charge in [0.25, 0.3) is 5.69 Å². The lowest BCUT2D eigenvalue weighted by molar-refractivity contribution is -0.384. The highest BCUT2D eigenvalue weighted by atomic mass is 16.6. The zero-order valence-corrected chi connectivity index (χ0v) is 12.8. The highest BCUT2D eigenvalue weighted by Gasteiger charge is 2.19. The number of non-ortho nitro benzene ring substituents is 1. The molecular weight excluding hydrogens is 314 g/mol. The smallest absolute Gasteiger partial charge is 0.326 e. The van der Waals surface area contributed by atoms with Crippen molar-refractivity contribution in [2.75, 3.05) is 0 Å². The third-order valence-corrected chi connectivity index (χ3v) is 3.57. The summed E-state index contributed by atoms with van der Waals surface area (Å²) in [6, 6.07) is 5.04. The SMILES string of the molecule is C=CCCC(NC(=O)Cn1ccc2cc([N+](=O)[O-])ccc21)C(=O)O. The van der Waals surface area contributed by atoms with E-state index in [2.05, 4.69) is 11.9 Å². The number of carbonyl (C=O) groups excluding carboxylic acids is 1. The van der Waals surface area contributed by atoms with Gasteiger partial charge in [-0.15, -0.1) is 6.58 Å². The molecule has 2 aromatic rings. The van der Waals surface area contributed by atoms with Crippen molar-refractivity contribution in [1.82, 2.24) is 9.88 Å². The number of carboxylic acid groups (broad SMARTS) is 1. The highest BCUT2D eigenvalue weighted by Crippen LogP contribution is 2.21. The Balaban J connectivity index is 2.11. The number of carboxylic acids is 1. The van der Waals surface area contributed by atoms with Gasteiger partial charge in [-0.2, -0.15) is 0 Å². The van der Waals surface area contributed by atoms with Gasteiger partial charge in [0, 0.05) is 29.2 Å². The maximum atomic E-state index is 12.1. The van der Waals surface area contributed by atoms with E-state index < -0.39 is 22.8 Å². The number of hydrogen-bond acceptors (Lipinski definition) is 4. The molecule has 1 aromatic heterocycles.